The fraction of sp³-hybridized carbons (Fsp3) is 0.200. The molecular formula is C15H14Cl2FNO2. The van der Waals surface area contributed by atoms with E-state index in [2.05, 4.69) is 5.32 Å². The Kier molecular flexibility index (Phi) is 5.67. The first kappa shape index (κ1) is 15.9. The molecule has 2 N–H and O–H groups in total. The van der Waals surface area contributed by atoms with E-state index in [0.29, 0.717) is 16.5 Å². The van der Waals surface area contributed by atoms with E-state index < -0.39 is 11.9 Å². The molecular weight excluding hydrogens is 316 g/mol. The van der Waals surface area contributed by atoms with Crippen LogP contribution in [0.15, 0.2) is 42.5 Å². The van der Waals surface area contributed by atoms with Crippen molar-refractivity contribution < 1.29 is 14.2 Å². The van der Waals surface area contributed by atoms with Crippen molar-refractivity contribution in [3.63, 3.8) is 0 Å². The Morgan fingerprint density at radius 2 is 2.00 bits per heavy atom. The Hall–Kier alpha value is -1.49. The molecule has 0 bridgehead atoms. The maximum atomic E-state index is 12.9. The Balaban J connectivity index is 1.80. The molecule has 2 rings (SSSR count). The van der Waals surface area contributed by atoms with Gasteiger partial charge in [0.05, 0.1) is 10.7 Å². The molecule has 2 aromatic rings. The van der Waals surface area contributed by atoms with Gasteiger partial charge >= 0.3 is 0 Å². The summed E-state index contributed by atoms with van der Waals surface area (Å²) in [5, 5.41) is 13.6. The second-order valence-electron chi connectivity index (χ2n) is 4.43. The van der Waals surface area contributed by atoms with Crippen molar-refractivity contribution in [2.45, 2.75) is 6.10 Å². The van der Waals surface area contributed by atoms with E-state index in [1.807, 2.05) is 0 Å². The van der Waals surface area contributed by atoms with Gasteiger partial charge in [-0.3, -0.25) is 0 Å². The molecule has 0 saturated carbocycles. The van der Waals surface area contributed by atoms with Gasteiger partial charge in [0, 0.05) is 11.6 Å². The Morgan fingerprint density at radius 3 is 2.71 bits per heavy atom. The number of benzene rings is 2. The zero-order valence-electron chi connectivity index (χ0n) is 11.0. The molecule has 21 heavy (non-hydrogen) atoms. The first-order valence-corrected chi connectivity index (χ1v) is 7.05. The molecule has 0 aliphatic carbocycles. The van der Waals surface area contributed by atoms with Crippen molar-refractivity contribution >= 4 is 28.9 Å². The molecule has 6 heteroatoms. The number of aliphatic hydroxyl groups excluding tert-OH is 1. The summed E-state index contributed by atoms with van der Waals surface area (Å²) in [5.41, 5.74) is 0.555. The highest BCUT2D eigenvalue weighted by molar-refractivity contribution is 6.33. The van der Waals surface area contributed by atoms with Crippen LogP contribution in [-0.4, -0.2) is 24.4 Å². The van der Waals surface area contributed by atoms with Crippen LogP contribution < -0.4 is 10.1 Å². The summed E-state index contributed by atoms with van der Waals surface area (Å²) >= 11 is 11.7. The number of hydrogen-bond donors (Lipinski definition) is 2. The second kappa shape index (κ2) is 7.50. The van der Waals surface area contributed by atoms with Gasteiger partial charge in [-0.25, -0.2) is 4.39 Å². The van der Waals surface area contributed by atoms with Crippen LogP contribution in [0, 0.1) is 5.82 Å². The van der Waals surface area contributed by atoms with Gasteiger partial charge in [-0.05, 0) is 36.4 Å². The van der Waals surface area contributed by atoms with E-state index in [0.717, 1.165) is 0 Å². The maximum Gasteiger partial charge on any atom is 0.124 e. The standard InChI is InChI=1S/C15H14Cl2FNO2/c16-10-2-1-3-13(6-10)21-9-12(20)8-19-15-5-4-11(18)7-14(15)17/h1-7,12,19-20H,8-9H2. The van der Waals surface area contributed by atoms with Gasteiger partial charge in [0.25, 0.3) is 0 Å². The highest BCUT2D eigenvalue weighted by atomic mass is 35.5. The topological polar surface area (TPSA) is 41.5 Å². The van der Waals surface area contributed by atoms with Gasteiger partial charge in [-0.2, -0.15) is 0 Å². The molecule has 0 fully saturated rings. The molecule has 0 amide bonds. The lowest BCUT2D eigenvalue weighted by atomic mass is 10.3. The maximum absolute atomic E-state index is 12.9. The lowest BCUT2D eigenvalue weighted by molar-refractivity contribution is 0.117. The third kappa shape index (κ3) is 5.08. The van der Waals surface area contributed by atoms with Crippen LogP contribution in [0.1, 0.15) is 0 Å². The normalized spacial score (nSPS) is 12.0. The molecule has 1 unspecified atom stereocenters. The fourth-order valence-corrected chi connectivity index (χ4v) is 2.08. The van der Waals surface area contributed by atoms with Gasteiger partial charge < -0.3 is 15.2 Å². The molecule has 112 valence electrons. The highest BCUT2D eigenvalue weighted by Crippen LogP contribution is 2.22. The molecule has 0 aliphatic heterocycles. The van der Waals surface area contributed by atoms with E-state index in [4.69, 9.17) is 27.9 Å². The molecule has 0 aromatic heterocycles. The molecule has 0 radical (unpaired) electrons. The minimum Gasteiger partial charge on any atom is -0.491 e. The van der Waals surface area contributed by atoms with Crippen LogP contribution >= 0.6 is 23.2 Å². The molecule has 0 aliphatic rings. The van der Waals surface area contributed by atoms with Crippen molar-refractivity contribution in [2.75, 3.05) is 18.5 Å². The van der Waals surface area contributed by atoms with Crippen LogP contribution in [0.25, 0.3) is 0 Å². The fourth-order valence-electron chi connectivity index (χ4n) is 1.67. The van der Waals surface area contributed by atoms with Crippen LogP contribution in [0.4, 0.5) is 10.1 Å². The average molecular weight is 330 g/mol. The first-order valence-electron chi connectivity index (χ1n) is 6.30. The number of anilines is 1. The minimum atomic E-state index is -0.745. The molecule has 0 heterocycles. The minimum absolute atomic E-state index is 0.103. The van der Waals surface area contributed by atoms with Crippen LogP contribution in [0.5, 0.6) is 5.75 Å². The Labute approximate surface area is 132 Å². The number of nitrogens with one attached hydrogen (secondary N) is 1. The predicted molar refractivity (Wildman–Crippen MR) is 82.9 cm³/mol. The number of hydrogen-bond acceptors (Lipinski definition) is 3. The van der Waals surface area contributed by atoms with E-state index in [-0.39, 0.29) is 18.2 Å². The van der Waals surface area contributed by atoms with Crippen molar-refractivity contribution in [1.29, 1.82) is 0 Å². The first-order chi connectivity index (χ1) is 10.0. The lowest BCUT2D eigenvalue weighted by Crippen LogP contribution is -2.26. The number of rotatable bonds is 6. The molecule has 3 nitrogen and oxygen atoms in total. The largest absolute Gasteiger partial charge is 0.491 e. The molecule has 2 aromatic carbocycles. The zero-order chi connectivity index (χ0) is 15.2. The summed E-state index contributed by atoms with van der Waals surface area (Å²) in [5.74, 6) is 0.178. The van der Waals surface area contributed by atoms with Gasteiger partial charge in [0.1, 0.15) is 24.3 Å². The average Bonchev–Trinajstić information content (AvgIpc) is 2.44. The van der Waals surface area contributed by atoms with E-state index in [9.17, 15) is 9.50 Å². The Bertz CT molecular complexity index is 610. The van der Waals surface area contributed by atoms with Crippen molar-refractivity contribution in [3.05, 3.63) is 58.3 Å². The summed E-state index contributed by atoms with van der Waals surface area (Å²) < 4.78 is 18.3. The van der Waals surface area contributed by atoms with E-state index in [1.165, 1.54) is 18.2 Å². The lowest BCUT2D eigenvalue weighted by Gasteiger charge is -2.15. The quantitative estimate of drug-likeness (QED) is 0.842. The SMILES string of the molecule is OC(CNc1ccc(F)cc1Cl)COc1cccc(Cl)c1. The summed E-state index contributed by atoms with van der Waals surface area (Å²) in [6, 6.07) is 10.9. The molecule has 0 saturated heterocycles. The highest BCUT2D eigenvalue weighted by Gasteiger charge is 2.07. The van der Waals surface area contributed by atoms with Gasteiger partial charge in [-0.15, -0.1) is 0 Å². The zero-order valence-corrected chi connectivity index (χ0v) is 12.5. The molecule has 0 spiro atoms. The van der Waals surface area contributed by atoms with E-state index in [1.54, 1.807) is 24.3 Å². The summed E-state index contributed by atoms with van der Waals surface area (Å²) in [6.07, 6.45) is -0.745. The van der Waals surface area contributed by atoms with Gasteiger partial charge in [0.15, 0.2) is 0 Å². The van der Waals surface area contributed by atoms with E-state index >= 15 is 0 Å². The number of aliphatic hydroxyl groups is 1. The van der Waals surface area contributed by atoms with Crippen LogP contribution in [-0.2, 0) is 0 Å². The monoisotopic (exact) mass is 329 g/mol. The Morgan fingerprint density at radius 1 is 1.19 bits per heavy atom. The summed E-state index contributed by atoms with van der Waals surface area (Å²) in [4.78, 5) is 0. The van der Waals surface area contributed by atoms with Crippen molar-refractivity contribution in [1.82, 2.24) is 0 Å². The number of ether oxygens (including phenoxy) is 1. The second-order valence-corrected chi connectivity index (χ2v) is 5.27. The van der Waals surface area contributed by atoms with Crippen molar-refractivity contribution in [2.24, 2.45) is 0 Å². The third-order valence-corrected chi connectivity index (χ3v) is 3.25. The van der Waals surface area contributed by atoms with Crippen LogP contribution in [0.3, 0.4) is 0 Å². The van der Waals surface area contributed by atoms with Gasteiger partial charge in [-0.1, -0.05) is 29.3 Å². The summed E-state index contributed by atoms with van der Waals surface area (Å²) in [6.45, 7) is 0.331. The number of halogens is 3. The summed E-state index contributed by atoms with van der Waals surface area (Å²) in [7, 11) is 0. The molecule has 1 atom stereocenters. The smallest absolute Gasteiger partial charge is 0.124 e. The van der Waals surface area contributed by atoms with Crippen LogP contribution in [0.2, 0.25) is 10.0 Å². The predicted octanol–water partition coefficient (Wildman–Crippen LogP) is 3.98. The van der Waals surface area contributed by atoms with Crippen molar-refractivity contribution in [3.8, 4) is 5.75 Å². The third-order valence-electron chi connectivity index (χ3n) is 2.70. The van der Waals surface area contributed by atoms with Gasteiger partial charge in [0.2, 0.25) is 0 Å².